The molecular weight excluding hydrogens is 612 g/mol. The number of aliphatic imine (C=N–C) groups is 2. The summed E-state index contributed by atoms with van der Waals surface area (Å²) in [5, 5.41) is 78.0. The molecule has 2 heterocycles. The van der Waals surface area contributed by atoms with Gasteiger partial charge in [-0.1, -0.05) is 0 Å². The van der Waals surface area contributed by atoms with Crippen LogP contribution in [-0.2, 0) is 38.1 Å². The van der Waals surface area contributed by atoms with Gasteiger partial charge >= 0.3 is 5.97 Å². The molecule has 1 aliphatic carbocycles. The minimum absolute atomic E-state index is 0.0203. The summed E-state index contributed by atoms with van der Waals surface area (Å²) in [6.07, 6.45) is -17.8. The Morgan fingerprint density at radius 2 is 1.69 bits per heavy atom. The number of likely N-dealkylation sites (N-methyl/N-ethyl adjacent to an activating group) is 1. The summed E-state index contributed by atoms with van der Waals surface area (Å²) in [4.78, 5) is 44.4. The molecule has 0 amide bonds. The predicted molar refractivity (Wildman–Crippen MR) is 146 cm³/mol. The second-order valence-corrected chi connectivity index (χ2v) is 10.7. The first-order valence-corrected chi connectivity index (χ1v) is 13.6. The van der Waals surface area contributed by atoms with E-state index >= 15 is 0 Å². The van der Waals surface area contributed by atoms with Gasteiger partial charge in [0.05, 0.1) is 25.1 Å². The van der Waals surface area contributed by atoms with E-state index < -0.39 is 115 Å². The highest BCUT2D eigenvalue weighted by Crippen LogP contribution is 2.43. The van der Waals surface area contributed by atoms with Crippen LogP contribution in [0.2, 0.25) is 0 Å². The number of hydrogen-bond acceptors (Lipinski definition) is 18. The predicted octanol–water partition coefficient (Wildman–Crippen LogP) is -7.99. The van der Waals surface area contributed by atoms with E-state index in [0.717, 1.165) is 6.92 Å². The van der Waals surface area contributed by atoms with Crippen LogP contribution in [0.1, 0.15) is 13.8 Å². The molecule has 256 valence electrons. The summed E-state index contributed by atoms with van der Waals surface area (Å²) >= 11 is 0. The van der Waals surface area contributed by atoms with Crippen molar-refractivity contribution in [2.24, 2.45) is 27.2 Å². The molecule has 45 heavy (non-hydrogen) atoms. The van der Waals surface area contributed by atoms with Crippen molar-refractivity contribution >= 4 is 30.3 Å². The number of nitrogens with one attached hydrogen (secondary N) is 1. The number of aliphatic hydroxyl groups is 7. The van der Waals surface area contributed by atoms with Crippen LogP contribution in [0.4, 0.5) is 0 Å². The summed E-state index contributed by atoms with van der Waals surface area (Å²) in [7, 11) is 1.35. The lowest BCUT2D eigenvalue weighted by Gasteiger charge is -2.50. The Morgan fingerprint density at radius 3 is 2.20 bits per heavy atom. The molecule has 0 spiro atoms. The van der Waals surface area contributed by atoms with Crippen molar-refractivity contribution in [2.45, 2.75) is 105 Å². The average Bonchev–Trinajstić information content (AvgIpc) is 3.22. The third-order valence-electron chi connectivity index (χ3n) is 7.93. The van der Waals surface area contributed by atoms with E-state index in [0.29, 0.717) is 6.34 Å². The number of carbonyl (C=O) groups excluding carboxylic acids is 3. The second kappa shape index (κ2) is 14.2. The number of aldehydes is 1. The fraction of sp³-hybridized carbons (Fsp3) is 0.792. The molecule has 14 N–H and O–H groups in total. The van der Waals surface area contributed by atoms with Gasteiger partial charge in [-0.3, -0.25) is 14.6 Å². The Bertz CT molecular complexity index is 1140. The molecule has 3 fully saturated rings. The van der Waals surface area contributed by atoms with Crippen LogP contribution in [0.5, 0.6) is 0 Å². The minimum Gasteiger partial charge on any atom is -0.422 e. The number of esters is 1. The summed E-state index contributed by atoms with van der Waals surface area (Å²) in [5.41, 5.74) is 13.8. The number of hydrogen-bond donors (Lipinski definition) is 11. The van der Waals surface area contributed by atoms with E-state index in [4.69, 9.17) is 40.9 Å². The number of Topliss-reactive ketones (excluding diaryl/α,β-unsaturated/α-hetero) is 1. The molecule has 15 atom stereocenters. The van der Waals surface area contributed by atoms with E-state index in [1.807, 2.05) is 0 Å². The van der Waals surface area contributed by atoms with Crippen LogP contribution < -0.4 is 22.5 Å². The minimum atomic E-state index is -3.12. The number of nitrogens with zero attached hydrogens (tertiary/aromatic N) is 2. The largest absolute Gasteiger partial charge is 0.422 e. The van der Waals surface area contributed by atoms with Crippen LogP contribution in [0.15, 0.2) is 9.98 Å². The number of carbonyl (C=O) groups is 3. The highest BCUT2D eigenvalue weighted by atomic mass is 16.8. The molecule has 0 aromatic heterocycles. The summed E-state index contributed by atoms with van der Waals surface area (Å²) in [5.74, 6) is -6.80. The maximum absolute atomic E-state index is 12.7. The second-order valence-electron chi connectivity index (χ2n) is 10.7. The van der Waals surface area contributed by atoms with Crippen molar-refractivity contribution < 1.29 is 73.8 Å². The quantitative estimate of drug-likeness (QED) is 0.0246. The van der Waals surface area contributed by atoms with Gasteiger partial charge in [0, 0.05) is 6.92 Å². The molecule has 1 saturated carbocycles. The van der Waals surface area contributed by atoms with Crippen molar-refractivity contribution in [1.29, 1.82) is 0 Å². The van der Waals surface area contributed by atoms with E-state index in [9.17, 15) is 50.1 Å². The fourth-order valence-corrected chi connectivity index (χ4v) is 5.42. The number of guanidine groups is 1. The molecule has 0 radical (unpaired) electrons. The number of rotatable bonds is 11. The van der Waals surface area contributed by atoms with Gasteiger partial charge in [-0.2, -0.15) is 0 Å². The van der Waals surface area contributed by atoms with Crippen molar-refractivity contribution in [1.82, 2.24) is 5.32 Å². The zero-order valence-electron chi connectivity index (χ0n) is 24.4. The topological polar surface area (TPSA) is 354 Å². The molecule has 0 aromatic carbocycles. The Morgan fingerprint density at radius 1 is 1.04 bits per heavy atom. The lowest BCUT2D eigenvalue weighted by molar-refractivity contribution is -0.376. The normalized spacial score (nSPS) is 45.2. The number of ether oxygens (including phenoxy) is 5. The van der Waals surface area contributed by atoms with Gasteiger partial charge in [0.25, 0.3) is 5.79 Å². The average molecular weight is 653 g/mol. The van der Waals surface area contributed by atoms with Gasteiger partial charge in [-0.05, 0) is 14.0 Å². The maximum atomic E-state index is 12.7. The summed E-state index contributed by atoms with van der Waals surface area (Å²) in [6, 6.07) is -4.99. The molecular formula is C24H40N6O15. The maximum Gasteiger partial charge on any atom is 0.376 e. The Balaban J connectivity index is 2.17. The molecule has 2 saturated heterocycles. The molecule has 0 aromatic rings. The van der Waals surface area contributed by atoms with Crippen molar-refractivity contribution in [3.8, 4) is 0 Å². The smallest absolute Gasteiger partial charge is 0.376 e. The van der Waals surface area contributed by atoms with Gasteiger partial charge in [-0.15, -0.1) is 0 Å². The van der Waals surface area contributed by atoms with Crippen molar-refractivity contribution in [3.63, 3.8) is 0 Å². The summed E-state index contributed by atoms with van der Waals surface area (Å²) in [6.45, 7) is 1.20. The van der Waals surface area contributed by atoms with Crippen molar-refractivity contribution in [3.05, 3.63) is 0 Å². The Kier molecular flexibility index (Phi) is 11.6. The third kappa shape index (κ3) is 6.65. The van der Waals surface area contributed by atoms with Gasteiger partial charge in [0.15, 0.2) is 30.4 Å². The van der Waals surface area contributed by atoms with Crippen molar-refractivity contribution in [2.75, 3.05) is 13.7 Å². The van der Waals surface area contributed by atoms with E-state index in [1.54, 1.807) is 0 Å². The highest BCUT2D eigenvalue weighted by Gasteiger charge is 2.68. The number of ketones is 1. The van der Waals surface area contributed by atoms with E-state index in [2.05, 4.69) is 15.3 Å². The monoisotopic (exact) mass is 652 g/mol. The van der Waals surface area contributed by atoms with E-state index in [-0.39, 0.29) is 6.29 Å². The molecule has 3 rings (SSSR count). The molecule has 2 aliphatic heterocycles. The molecule has 0 bridgehead atoms. The number of aliphatic hydroxyl groups excluding tert-OH is 6. The first kappa shape index (κ1) is 36.5. The molecule has 0 unspecified atom stereocenters. The molecule has 21 heteroatoms. The van der Waals surface area contributed by atoms with Crippen LogP contribution >= 0.6 is 0 Å². The first-order valence-electron chi connectivity index (χ1n) is 13.6. The van der Waals surface area contributed by atoms with Crippen LogP contribution in [0.25, 0.3) is 0 Å². The number of nitrogens with two attached hydrogens (primary N) is 3. The molecule has 3 aliphatic rings. The van der Waals surface area contributed by atoms with Crippen LogP contribution in [0.3, 0.4) is 0 Å². The van der Waals surface area contributed by atoms with Crippen LogP contribution in [-0.4, -0.2) is 171 Å². The van der Waals surface area contributed by atoms with Gasteiger partial charge in [0.1, 0.15) is 54.8 Å². The van der Waals surface area contributed by atoms with Gasteiger partial charge in [0.2, 0.25) is 5.78 Å². The summed E-state index contributed by atoms with van der Waals surface area (Å²) < 4.78 is 28.2. The zero-order valence-corrected chi connectivity index (χ0v) is 24.4. The third-order valence-corrected chi connectivity index (χ3v) is 7.93. The Hall–Kier alpha value is -2.93. The van der Waals surface area contributed by atoms with Gasteiger partial charge in [-0.25, -0.2) is 9.79 Å². The van der Waals surface area contributed by atoms with E-state index in [1.165, 1.54) is 14.0 Å². The lowest BCUT2D eigenvalue weighted by atomic mass is 9.78. The lowest BCUT2D eigenvalue weighted by Crippen LogP contribution is -2.74. The van der Waals surface area contributed by atoms with Crippen LogP contribution in [0, 0.1) is 0 Å². The first-order chi connectivity index (χ1) is 21.0. The fourth-order valence-electron chi connectivity index (χ4n) is 5.42. The Labute approximate surface area is 255 Å². The standard InChI is InChI=1S/C24H40N6O15/c1-7(33)19(39)44-24(16(30-22(26)27)14(36)10(29-6-25)15(37)17(24)38)45-21-18(23(40,5-32)8(2)41-21)43-20-11(28-3)13(35)12(34)9(4-31)42-20/h5-6,8-18,20-21,28,31,34-38,40H,4H2,1-3H3,(H2,25,29)(H4,26,27,30)/t8-,9-,10+,11-,12-,13-,14+,15-,16-,17+,18-,20-,21-,23+,24-/m0/s1. The van der Waals surface area contributed by atoms with Gasteiger partial charge < -0.3 is 81.9 Å². The SMILES string of the molecule is CN[C@@H]1[C@H](O[C@H]2[C@H](O[C@]3(OC(=O)C(C)=O)[C@H](O)[C@@H](O)[C@H](N=CN)[C@@H](O)[C@@H]3N=C(N)N)O[C@@H](C)[C@]2(O)C=O)O[C@@H](CO)[C@H](O)[C@H]1O. The highest BCUT2D eigenvalue weighted by molar-refractivity contribution is 6.32. The molecule has 21 nitrogen and oxygen atoms in total. The zero-order chi connectivity index (χ0) is 34.0.